The number of amides is 1. The van der Waals surface area contributed by atoms with Gasteiger partial charge in [-0.25, -0.2) is 0 Å². The van der Waals surface area contributed by atoms with Crippen molar-refractivity contribution in [2.45, 2.75) is 63.6 Å². The maximum atomic E-state index is 12.7. The van der Waals surface area contributed by atoms with E-state index in [0.717, 1.165) is 32.1 Å². The fourth-order valence-corrected chi connectivity index (χ4v) is 4.51. The van der Waals surface area contributed by atoms with Gasteiger partial charge in [0, 0.05) is 38.2 Å². The van der Waals surface area contributed by atoms with E-state index in [2.05, 4.69) is 10.3 Å². The van der Waals surface area contributed by atoms with Gasteiger partial charge in [-0.1, -0.05) is 0 Å². The molecule has 2 aliphatic rings. The lowest BCUT2D eigenvalue weighted by Gasteiger charge is -2.37. The SMILES string of the molecule is O=C(CCCC(F)(F)F)CNC1CCC2(CC1)CCN(C(=O)c1cncc(O)c1)C2. The van der Waals surface area contributed by atoms with Crippen molar-refractivity contribution in [1.29, 1.82) is 0 Å². The van der Waals surface area contributed by atoms with Crippen LogP contribution in [0.15, 0.2) is 18.5 Å². The molecule has 2 N–H and O–H groups in total. The van der Waals surface area contributed by atoms with Gasteiger partial charge in [0.15, 0.2) is 0 Å². The lowest BCUT2D eigenvalue weighted by atomic mass is 9.72. The molecule has 1 saturated carbocycles. The van der Waals surface area contributed by atoms with E-state index >= 15 is 0 Å². The van der Waals surface area contributed by atoms with Gasteiger partial charge in [0.25, 0.3) is 5.91 Å². The number of hydrogen-bond donors (Lipinski definition) is 2. The fourth-order valence-electron chi connectivity index (χ4n) is 4.51. The number of halogens is 3. The summed E-state index contributed by atoms with van der Waals surface area (Å²) in [6, 6.07) is 1.61. The topological polar surface area (TPSA) is 82.5 Å². The van der Waals surface area contributed by atoms with E-state index in [1.54, 1.807) is 0 Å². The molecular formula is C21H28F3N3O3. The number of nitrogens with zero attached hydrogens (tertiary/aromatic N) is 2. The Bertz CT molecular complexity index is 761. The van der Waals surface area contributed by atoms with Crippen LogP contribution in [0.2, 0.25) is 0 Å². The van der Waals surface area contributed by atoms with Crippen LogP contribution in [0.4, 0.5) is 13.2 Å². The molecule has 1 aromatic rings. The Morgan fingerprint density at radius 1 is 1.23 bits per heavy atom. The highest BCUT2D eigenvalue weighted by atomic mass is 19.4. The average molecular weight is 427 g/mol. The Hall–Kier alpha value is -2.16. The lowest BCUT2D eigenvalue weighted by molar-refractivity contribution is -0.137. The van der Waals surface area contributed by atoms with Crippen LogP contribution in [-0.4, -0.2) is 58.5 Å². The number of ketones is 1. The summed E-state index contributed by atoms with van der Waals surface area (Å²) >= 11 is 0. The zero-order valence-electron chi connectivity index (χ0n) is 16.9. The van der Waals surface area contributed by atoms with Crippen molar-refractivity contribution < 1.29 is 27.9 Å². The summed E-state index contributed by atoms with van der Waals surface area (Å²) in [6.07, 6.45) is 1.98. The number of alkyl halides is 3. The summed E-state index contributed by atoms with van der Waals surface area (Å²) < 4.78 is 36.5. The number of aromatic nitrogens is 1. The summed E-state index contributed by atoms with van der Waals surface area (Å²) in [5.41, 5.74) is 0.459. The van der Waals surface area contributed by atoms with Gasteiger partial charge in [0.1, 0.15) is 11.5 Å². The summed E-state index contributed by atoms with van der Waals surface area (Å²) in [5.74, 6) is -0.342. The number of nitrogens with one attached hydrogen (secondary N) is 1. The number of likely N-dealkylation sites (tertiary alicyclic amines) is 1. The van der Waals surface area contributed by atoms with Crippen LogP contribution in [0.5, 0.6) is 5.75 Å². The van der Waals surface area contributed by atoms with Gasteiger partial charge < -0.3 is 15.3 Å². The van der Waals surface area contributed by atoms with E-state index in [9.17, 15) is 27.9 Å². The van der Waals surface area contributed by atoms with Gasteiger partial charge in [-0.3, -0.25) is 14.6 Å². The minimum Gasteiger partial charge on any atom is -0.506 e. The van der Waals surface area contributed by atoms with Crippen LogP contribution < -0.4 is 5.32 Å². The third kappa shape index (κ3) is 6.17. The molecule has 0 aromatic carbocycles. The highest BCUT2D eigenvalue weighted by molar-refractivity contribution is 5.94. The number of hydrogen-bond acceptors (Lipinski definition) is 5. The van der Waals surface area contributed by atoms with E-state index in [4.69, 9.17) is 0 Å². The molecule has 0 atom stereocenters. The molecule has 6 nitrogen and oxygen atoms in total. The average Bonchev–Trinajstić information content (AvgIpc) is 3.10. The molecule has 0 unspecified atom stereocenters. The Kier molecular flexibility index (Phi) is 7.00. The predicted molar refractivity (Wildman–Crippen MR) is 104 cm³/mol. The van der Waals surface area contributed by atoms with Gasteiger partial charge in [0.2, 0.25) is 0 Å². The lowest BCUT2D eigenvalue weighted by Crippen LogP contribution is -2.41. The van der Waals surface area contributed by atoms with Crippen molar-refractivity contribution in [2.24, 2.45) is 5.41 Å². The Morgan fingerprint density at radius 2 is 1.97 bits per heavy atom. The number of carbonyl (C=O) groups is 2. The normalized spacial score (nSPS) is 24.4. The smallest absolute Gasteiger partial charge is 0.389 e. The second-order valence-corrected chi connectivity index (χ2v) is 8.57. The van der Waals surface area contributed by atoms with Crippen LogP contribution in [0, 0.1) is 5.41 Å². The summed E-state index contributed by atoms with van der Waals surface area (Å²) in [5, 5.41) is 12.7. The highest BCUT2D eigenvalue weighted by Crippen LogP contribution is 2.44. The minimum atomic E-state index is -4.21. The first-order valence-corrected chi connectivity index (χ1v) is 10.4. The molecule has 1 aliphatic carbocycles. The third-order valence-corrected chi connectivity index (χ3v) is 6.25. The highest BCUT2D eigenvalue weighted by Gasteiger charge is 2.42. The summed E-state index contributed by atoms with van der Waals surface area (Å²) in [6.45, 7) is 1.46. The first kappa shape index (κ1) is 22.5. The van der Waals surface area contributed by atoms with Gasteiger partial charge >= 0.3 is 6.18 Å². The Labute approximate surface area is 173 Å². The van der Waals surface area contributed by atoms with Crippen LogP contribution >= 0.6 is 0 Å². The van der Waals surface area contributed by atoms with Crippen molar-refractivity contribution in [3.05, 3.63) is 24.0 Å². The zero-order valence-corrected chi connectivity index (χ0v) is 16.9. The quantitative estimate of drug-likeness (QED) is 0.697. The second-order valence-electron chi connectivity index (χ2n) is 8.57. The van der Waals surface area contributed by atoms with Crippen molar-refractivity contribution in [1.82, 2.24) is 15.2 Å². The van der Waals surface area contributed by atoms with Crippen LogP contribution in [-0.2, 0) is 4.79 Å². The van der Waals surface area contributed by atoms with E-state index in [1.165, 1.54) is 18.5 Å². The van der Waals surface area contributed by atoms with Gasteiger partial charge in [-0.05, 0) is 50.0 Å². The monoisotopic (exact) mass is 427 g/mol. The van der Waals surface area contributed by atoms with Gasteiger partial charge in [0.05, 0.1) is 18.3 Å². The molecule has 1 saturated heterocycles. The molecule has 1 amide bonds. The molecule has 3 rings (SSSR count). The predicted octanol–water partition coefficient (Wildman–Crippen LogP) is 3.45. The molecule has 2 fully saturated rings. The second kappa shape index (κ2) is 9.32. The molecule has 0 bridgehead atoms. The Balaban J connectivity index is 1.40. The van der Waals surface area contributed by atoms with E-state index < -0.39 is 12.6 Å². The molecule has 30 heavy (non-hydrogen) atoms. The van der Waals surface area contributed by atoms with E-state index in [0.29, 0.717) is 18.7 Å². The fraction of sp³-hybridized carbons (Fsp3) is 0.667. The molecule has 1 spiro atoms. The molecule has 1 aliphatic heterocycles. The molecule has 9 heteroatoms. The van der Waals surface area contributed by atoms with E-state index in [1.807, 2.05) is 4.90 Å². The first-order chi connectivity index (χ1) is 14.2. The number of carbonyl (C=O) groups excluding carboxylic acids is 2. The zero-order chi connectivity index (χ0) is 21.8. The Morgan fingerprint density at radius 3 is 2.63 bits per heavy atom. The van der Waals surface area contributed by atoms with Gasteiger partial charge in [-0.15, -0.1) is 0 Å². The number of rotatable bonds is 7. The van der Waals surface area contributed by atoms with Crippen LogP contribution in [0.25, 0.3) is 0 Å². The summed E-state index contributed by atoms with van der Waals surface area (Å²) in [4.78, 5) is 30.2. The molecule has 166 valence electrons. The van der Waals surface area contributed by atoms with Crippen LogP contribution in [0.3, 0.4) is 0 Å². The maximum absolute atomic E-state index is 12.7. The van der Waals surface area contributed by atoms with Crippen molar-refractivity contribution >= 4 is 11.7 Å². The van der Waals surface area contributed by atoms with Crippen molar-refractivity contribution in [3.8, 4) is 5.75 Å². The molecule has 0 radical (unpaired) electrons. The van der Waals surface area contributed by atoms with E-state index in [-0.39, 0.29) is 48.3 Å². The third-order valence-electron chi connectivity index (χ3n) is 6.25. The van der Waals surface area contributed by atoms with Crippen LogP contribution in [0.1, 0.15) is 61.7 Å². The summed E-state index contributed by atoms with van der Waals surface area (Å²) in [7, 11) is 0. The maximum Gasteiger partial charge on any atom is 0.389 e. The van der Waals surface area contributed by atoms with Gasteiger partial charge in [-0.2, -0.15) is 13.2 Å². The number of Topliss-reactive ketones (excluding diaryl/α,β-unsaturated/α-hetero) is 1. The molecule has 2 heterocycles. The minimum absolute atomic E-state index is 0.0331. The molecule has 1 aromatic heterocycles. The van der Waals surface area contributed by atoms with Crippen molar-refractivity contribution in [2.75, 3.05) is 19.6 Å². The van der Waals surface area contributed by atoms with Crippen molar-refractivity contribution in [3.63, 3.8) is 0 Å². The number of aromatic hydroxyl groups is 1. The standard InChI is InChI=1S/C21H28F3N3O3/c22-21(23,24)5-1-2-17(28)13-26-16-3-6-20(7-4-16)8-9-27(14-20)19(30)15-10-18(29)12-25-11-15/h10-12,16,26,29H,1-9,13-14H2. The first-order valence-electron chi connectivity index (χ1n) is 10.4. The largest absolute Gasteiger partial charge is 0.506 e. The molecular weight excluding hydrogens is 399 g/mol. The number of pyridine rings is 1.